The van der Waals surface area contributed by atoms with E-state index in [0.717, 1.165) is 60.3 Å². The zero-order valence-corrected chi connectivity index (χ0v) is 29.3. The first-order valence-corrected chi connectivity index (χ1v) is 17.6. The molecule has 46 heavy (non-hydrogen) atoms. The molecule has 4 aromatic rings. The van der Waals surface area contributed by atoms with E-state index in [9.17, 15) is 9.59 Å². The first-order valence-electron chi connectivity index (χ1n) is 16.0. The number of ether oxygens (including phenoxy) is 2. The van der Waals surface area contributed by atoms with Gasteiger partial charge >= 0.3 is 0 Å². The van der Waals surface area contributed by atoms with E-state index in [4.69, 9.17) is 9.47 Å². The van der Waals surface area contributed by atoms with Crippen molar-refractivity contribution >= 4 is 43.7 Å². The van der Waals surface area contributed by atoms with Crippen LogP contribution in [0.15, 0.2) is 106 Å². The number of unbranched alkanes of at least 4 members (excludes halogenated alkanes) is 5. The lowest BCUT2D eigenvalue weighted by Crippen LogP contribution is -2.25. The lowest BCUT2D eigenvalue weighted by Gasteiger charge is -2.13. The zero-order chi connectivity index (χ0) is 32.4. The molecule has 0 aliphatic rings. The molecular formula is C38H42Br2N2O4. The quantitative estimate of drug-likeness (QED) is 0.0940. The van der Waals surface area contributed by atoms with Crippen molar-refractivity contribution in [2.24, 2.45) is 0 Å². The summed E-state index contributed by atoms with van der Waals surface area (Å²) in [5.41, 5.74) is 3.48. The van der Waals surface area contributed by atoms with Gasteiger partial charge in [0.15, 0.2) is 0 Å². The van der Waals surface area contributed by atoms with Crippen molar-refractivity contribution in [3.05, 3.63) is 128 Å². The fourth-order valence-electron chi connectivity index (χ4n) is 5.01. The van der Waals surface area contributed by atoms with Gasteiger partial charge in [0.1, 0.15) is 11.5 Å². The highest BCUT2D eigenvalue weighted by atomic mass is 79.9. The number of carbonyl (C=O) groups excluding carboxylic acids is 2. The predicted molar refractivity (Wildman–Crippen MR) is 192 cm³/mol. The zero-order valence-electron chi connectivity index (χ0n) is 26.1. The summed E-state index contributed by atoms with van der Waals surface area (Å²) < 4.78 is 13.6. The summed E-state index contributed by atoms with van der Waals surface area (Å²) in [6, 6.07) is 31.4. The number of carbonyl (C=O) groups is 2. The molecule has 0 unspecified atom stereocenters. The van der Waals surface area contributed by atoms with Gasteiger partial charge in [-0.25, -0.2) is 0 Å². The Bertz CT molecular complexity index is 1400. The fourth-order valence-corrected chi connectivity index (χ4v) is 5.73. The Hall–Kier alpha value is -3.62. The summed E-state index contributed by atoms with van der Waals surface area (Å²) in [4.78, 5) is 25.8. The molecule has 0 aliphatic heterocycles. The van der Waals surface area contributed by atoms with Crippen LogP contribution in [0.25, 0.3) is 0 Å². The lowest BCUT2D eigenvalue weighted by molar-refractivity contribution is 0.0940. The van der Waals surface area contributed by atoms with Crippen molar-refractivity contribution in [1.29, 1.82) is 0 Å². The molecule has 4 rings (SSSR count). The van der Waals surface area contributed by atoms with E-state index in [0.29, 0.717) is 48.9 Å². The predicted octanol–water partition coefficient (Wildman–Crippen LogP) is 8.96. The Balaban J connectivity index is 1.08. The van der Waals surface area contributed by atoms with Gasteiger partial charge in [0.25, 0.3) is 11.8 Å². The van der Waals surface area contributed by atoms with Gasteiger partial charge in [-0.05, 0) is 60.4 Å². The molecule has 4 aromatic carbocycles. The molecule has 0 heterocycles. The standard InChI is InChI=1S/C38H42Br2N2O4/c39-31-17-19-35(45-25-21-29-13-7-5-8-14-29)33(27-31)37(43)41-23-11-3-1-2-4-12-24-42-38(44)34-28-32(40)18-20-36(34)46-26-22-30-15-9-6-10-16-30/h5-10,13-20,27-28H,1-4,11-12,21-26H2,(H,41,43)(H,42,44). The summed E-state index contributed by atoms with van der Waals surface area (Å²) in [6.07, 6.45) is 7.62. The molecule has 2 amide bonds. The number of benzene rings is 4. The molecule has 0 aliphatic carbocycles. The van der Waals surface area contributed by atoms with E-state index in [1.165, 1.54) is 11.1 Å². The van der Waals surface area contributed by atoms with E-state index >= 15 is 0 Å². The average Bonchev–Trinajstić information content (AvgIpc) is 3.07. The van der Waals surface area contributed by atoms with Gasteiger partial charge in [0.05, 0.1) is 24.3 Å². The van der Waals surface area contributed by atoms with Gasteiger partial charge in [-0.3, -0.25) is 9.59 Å². The molecule has 0 radical (unpaired) electrons. The van der Waals surface area contributed by atoms with E-state index in [-0.39, 0.29) is 11.8 Å². The second-order valence-electron chi connectivity index (χ2n) is 11.1. The van der Waals surface area contributed by atoms with Crippen LogP contribution in [0.2, 0.25) is 0 Å². The van der Waals surface area contributed by atoms with Crippen molar-refractivity contribution in [2.75, 3.05) is 26.3 Å². The number of nitrogens with one attached hydrogen (secondary N) is 2. The van der Waals surface area contributed by atoms with Crippen LogP contribution in [-0.4, -0.2) is 38.1 Å². The van der Waals surface area contributed by atoms with Crippen molar-refractivity contribution < 1.29 is 19.1 Å². The normalized spacial score (nSPS) is 10.7. The molecule has 0 saturated heterocycles. The Kier molecular flexibility index (Phi) is 15.2. The van der Waals surface area contributed by atoms with Crippen LogP contribution in [0, 0.1) is 0 Å². The smallest absolute Gasteiger partial charge is 0.255 e. The molecule has 242 valence electrons. The first kappa shape index (κ1) is 35.2. The monoisotopic (exact) mass is 748 g/mol. The van der Waals surface area contributed by atoms with Crippen LogP contribution in [0.5, 0.6) is 11.5 Å². The summed E-state index contributed by atoms with van der Waals surface area (Å²) in [5.74, 6) is 0.940. The minimum Gasteiger partial charge on any atom is -0.492 e. The largest absolute Gasteiger partial charge is 0.492 e. The molecule has 0 aromatic heterocycles. The third-order valence-corrected chi connectivity index (χ3v) is 8.52. The maximum absolute atomic E-state index is 12.9. The number of hydrogen-bond acceptors (Lipinski definition) is 4. The molecule has 0 fully saturated rings. The molecule has 0 spiro atoms. The lowest BCUT2D eigenvalue weighted by atomic mass is 10.1. The fraction of sp³-hybridized carbons (Fsp3) is 0.316. The first-order chi connectivity index (χ1) is 22.5. The maximum atomic E-state index is 12.9. The topological polar surface area (TPSA) is 76.7 Å². The Morgan fingerprint density at radius 1 is 0.522 bits per heavy atom. The molecule has 2 N–H and O–H groups in total. The van der Waals surface area contributed by atoms with E-state index < -0.39 is 0 Å². The van der Waals surface area contributed by atoms with E-state index in [1.807, 2.05) is 72.8 Å². The van der Waals surface area contributed by atoms with Gasteiger partial charge in [0.2, 0.25) is 0 Å². The van der Waals surface area contributed by atoms with Crippen molar-refractivity contribution in [1.82, 2.24) is 10.6 Å². The van der Waals surface area contributed by atoms with Gasteiger partial charge < -0.3 is 20.1 Å². The van der Waals surface area contributed by atoms with Crippen molar-refractivity contribution in [3.63, 3.8) is 0 Å². The van der Waals surface area contributed by atoms with Gasteiger partial charge in [-0.15, -0.1) is 0 Å². The maximum Gasteiger partial charge on any atom is 0.255 e. The Labute approximate surface area is 289 Å². The molecule has 0 atom stereocenters. The van der Waals surface area contributed by atoms with Gasteiger partial charge in [0, 0.05) is 34.9 Å². The molecule has 8 heteroatoms. The summed E-state index contributed by atoms with van der Waals surface area (Å²) >= 11 is 6.95. The van der Waals surface area contributed by atoms with Crippen molar-refractivity contribution in [2.45, 2.75) is 51.4 Å². The molecule has 6 nitrogen and oxygen atoms in total. The van der Waals surface area contributed by atoms with Crippen LogP contribution in [0.1, 0.15) is 70.4 Å². The van der Waals surface area contributed by atoms with Crippen LogP contribution in [0.4, 0.5) is 0 Å². The van der Waals surface area contributed by atoms with Crippen LogP contribution < -0.4 is 20.1 Å². The summed E-state index contributed by atoms with van der Waals surface area (Å²) in [5, 5.41) is 6.08. The minimum atomic E-state index is -0.123. The third-order valence-electron chi connectivity index (χ3n) is 7.53. The average molecular weight is 751 g/mol. The molecular weight excluding hydrogens is 708 g/mol. The second-order valence-corrected chi connectivity index (χ2v) is 12.9. The highest BCUT2D eigenvalue weighted by Crippen LogP contribution is 2.25. The molecule has 0 saturated carbocycles. The van der Waals surface area contributed by atoms with E-state index in [2.05, 4.69) is 66.8 Å². The summed E-state index contributed by atoms with van der Waals surface area (Å²) in [7, 11) is 0. The summed E-state index contributed by atoms with van der Waals surface area (Å²) in [6.45, 7) is 2.25. The number of hydrogen-bond donors (Lipinski definition) is 2. The highest BCUT2D eigenvalue weighted by molar-refractivity contribution is 9.10. The SMILES string of the molecule is O=C(NCCCCCCCCNC(=O)c1cc(Br)ccc1OCCc1ccccc1)c1cc(Br)ccc1OCCc1ccccc1. The Morgan fingerprint density at radius 2 is 0.913 bits per heavy atom. The van der Waals surface area contributed by atoms with Gasteiger partial charge in [-0.1, -0.05) is 118 Å². The van der Waals surface area contributed by atoms with Crippen LogP contribution in [-0.2, 0) is 12.8 Å². The Morgan fingerprint density at radius 3 is 1.33 bits per heavy atom. The van der Waals surface area contributed by atoms with Gasteiger partial charge in [-0.2, -0.15) is 0 Å². The third kappa shape index (κ3) is 12.3. The minimum absolute atomic E-state index is 0.123. The number of rotatable bonds is 19. The number of halogens is 2. The number of amides is 2. The van der Waals surface area contributed by atoms with Crippen LogP contribution in [0.3, 0.4) is 0 Å². The molecule has 0 bridgehead atoms. The van der Waals surface area contributed by atoms with Crippen LogP contribution >= 0.6 is 31.9 Å². The van der Waals surface area contributed by atoms with Crippen molar-refractivity contribution in [3.8, 4) is 11.5 Å². The second kappa shape index (κ2) is 19.8. The van der Waals surface area contributed by atoms with E-state index in [1.54, 1.807) is 0 Å². The highest BCUT2D eigenvalue weighted by Gasteiger charge is 2.14.